The number of hydrogen-bond acceptors (Lipinski definition) is 2. The molecule has 2 nitrogen and oxygen atoms in total. The lowest BCUT2D eigenvalue weighted by molar-refractivity contribution is 0.462. The standard InChI is InChI=1S/C22H28N2/c1-6-16-13-15(3)14-17(7-2)19(16)24-21-20-18(9-8-12-23-20)10-11-22(21,4)5/h8-9,12-14H,6-7,10-11H2,1-5H3. The minimum Gasteiger partial charge on any atom is -0.255 e. The number of aromatic nitrogens is 1. The molecule has 0 atom stereocenters. The number of pyridine rings is 1. The number of hydrogen-bond donors (Lipinski definition) is 0. The maximum Gasteiger partial charge on any atom is 0.0882 e. The van der Waals surface area contributed by atoms with Crippen LogP contribution in [0.4, 0.5) is 5.69 Å². The highest BCUT2D eigenvalue weighted by Crippen LogP contribution is 2.37. The van der Waals surface area contributed by atoms with E-state index >= 15 is 0 Å². The lowest BCUT2D eigenvalue weighted by Gasteiger charge is -2.32. The molecular formula is C22H28N2. The number of benzene rings is 1. The van der Waals surface area contributed by atoms with Gasteiger partial charge in [0.2, 0.25) is 0 Å². The van der Waals surface area contributed by atoms with Gasteiger partial charge in [0.15, 0.2) is 0 Å². The predicted octanol–water partition coefficient (Wildman–Crippen LogP) is 5.61. The van der Waals surface area contributed by atoms with Crippen LogP contribution in [-0.4, -0.2) is 10.7 Å². The summed E-state index contributed by atoms with van der Waals surface area (Å²) in [7, 11) is 0. The molecule has 3 rings (SSSR count). The first kappa shape index (κ1) is 16.9. The van der Waals surface area contributed by atoms with Crippen molar-refractivity contribution in [2.75, 3.05) is 0 Å². The minimum atomic E-state index is 0.0578. The van der Waals surface area contributed by atoms with Crippen LogP contribution in [0.2, 0.25) is 0 Å². The van der Waals surface area contributed by atoms with Crippen LogP contribution in [0.1, 0.15) is 62.1 Å². The topological polar surface area (TPSA) is 25.2 Å². The van der Waals surface area contributed by atoms with Crippen molar-refractivity contribution in [3.63, 3.8) is 0 Å². The number of fused-ring (bicyclic) bond motifs is 1. The number of aryl methyl sites for hydroxylation is 4. The first-order valence-electron chi connectivity index (χ1n) is 9.12. The highest BCUT2D eigenvalue weighted by Gasteiger charge is 2.33. The van der Waals surface area contributed by atoms with Crippen molar-refractivity contribution < 1.29 is 0 Å². The Balaban J connectivity index is 2.24. The molecule has 24 heavy (non-hydrogen) atoms. The zero-order valence-corrected chi connectivity index (χ0v) is 15.6. The van der Waals surface area contributed by atoms with Gasteiger partial charge < -0.3 is 0 Å². The molecule has 1 aliphatic carbocycles. The molecule has 2 aromatic rings. The monoisotopic (exact) mass is 320 g/mol. The summed E-state index contributed by atoms with van der Waals surface area (Å²) in [5.74, 6) is 0. The molecule has 0 spiro atoms. The van der Waals surface area contributed by atoms with E-state index in [4.69, 9.17) is 9.98 Å². The largest absolute Gasteiger partial charge is 0.255 e. The van der Waals surface area contributed by atoms with Gasteiger partial charge >= 0.3 is 0 Å². The van der Waals surface area contributed by atoms with E-state index in [-0.39, 0.29) is 5.41 Å². The van der Waals surface area contributed by atoms with Crippen LogP contribution in [0.5, 0.6) is 0 Å². The number of aliphatic imine (C=N–C) groups is 1. The fourth-order valence-corrected chi connectivity index (χ4v) is 3.67. The van der Waals surface area contributed by atoms with Crippen LogP contribution >= 0.6 is 0 Å². The van der Waals surface area contributed by atoms with Gasteiger partial charge in [0.1, 0.15) is 0 Å². The van der Waals surface area contributed by atoms with E-state index in [2.05, 4.69) is 52.8 Å². The van der Waals surface area contributed by atoms with Crippen molar-refractivity contribution in [3.8, 4) is 0 Å². The van der Waals surface area contributed by atoms with Crippen molar-refractivity contribution in [2.24, 2.45) is 10.4 Å². The van der Waals surface area contributed by atoms with Crippen molar-refractivity contribution >= 4 is 11.4 Å². The summed E-state index contributed by atoms with van der Waals surface area (Å²) < 4.78 is 0. The van der Waals surface area contributed by atoms with Crippen LogP contribution in [0.3, 0.4) is 0 Å². The highest BCUT2D eigenvalue weighted by molar-refractivity contribution is 6.06. The molecule has 0 bridgehead atoms. The third-order valence-corrected chi connectivity index (χ3v) is 5.17. The fraction of sp³-hybridized carbons (Fsp3) is 0.455. The number of rotatable bonds is 3. The molecule has 0 aliphatic heterocycles. The van der Waals surface area contributed by atoms with Gasteiger partial charge in [-0.1, -0.05) is 51.5 Å². The Bertz CT molecular complexity index is 759. The van der Waals surface area contributed by atoms with Crippen LogP contribution in [-0.2, 0) is 19.3 Å². The summed E-state index contributed by atoms with van der Waals surface area (Å²) in [6.45, 7) is 11.2. The van der Waals surface area contributed by atoms with Gasteiger partial charge in [0, 0.05) is 11.6 Å². The van der Waals surface area contributed by atoms with Gasteiger partial charge in [0.25, 0.3) is 0 Å². The molecule has 126 valence electrons. The van der Waals surface area contributed by atoms with Crippen molar-refractivity contribution in [2.45, 2.75) is 60.3 Å². The minimum absolute atomic E-state index is 0.0578. The molecule has 2 heteroatoms. The first-order valence-corrected chi connectivity index (χ1v) is 9.12. The second-order valence-corrected chi connectivity index (χ2v) is 7.49. The summed E-state index contributed by atoms with van der Waals surface area (Å²) in [5.41, 5.74) is 8.83. The van der Waals surface area contributed by atoms with E-state index in [0.29, 0.717) is 0 Å². The second kappa shape index (κ2) is 6.51. The quantitative estimate of drug-likeness (QED) is 0.721. The van der Waals surface area contributed by atoms with Gasteiger partial charge in [0.05, 0.1) is 17.1 Å². The van der Waals surface area contributed by atoms with Crippen LogP contribution in [0.25, 0.3) is 0 Å². The zero-order valence-electron chi connectivity index (χ0n) is 15.6. The van der Waals surface area contributed by atoms with Crippen molar-refractivity contribution in [1.82, 2.24) is 4.98 Å². The maximum absolute atomic E-state index is 5.25. The molecule has 0 amide bonds. The van der Waals surface area contributed by atoms with E-state index in [0.717, 1.165) is 37.1 Å². The Hall–Kier alpha value is -1.96. The van der Waals surface area contributed by atoms with Gasteiger partial charge in [-0.25, -0.2) is 0 Å². The molecule has 0 saturated carbocycles. The second-order valence-electron chi connectivity index (χ2n) is 7.49. The summed E-state index contributed by atoms with van der Waals surface area (Å²) >= 11 is 0. The summed E-state index contributed by atoms with van der Waals surface area (Å²) in [5, 5.41) is 0. The zero-order chi connectivity index (χ0) is 17.3. The lowest BCUT2D eigenvalue weighted by Crippen LogP contribution is -2.32. The molecular weight excluding hydrogens is 292 g/mol. The molecule has 1 aliphatic rings. The van der Waals surface area contributed by atoms with E-state index in [1.807, 2.05) is 12.3 Å². The van der Waals surface area contributed by atoms with Crippen LogP contribution in [0.15, 0.2) is 35.5 Å². The average molecular weight is 320 g/mol. The highest BCUT2D eigenvalue weighted by atomic mass is 14.8. The Labute approximate surface area is 146 Å². The van der Waals surface area contributed by atoms with Gasteiger partial charge in [-0.05, 0) is 55.4 Å². The molecule has 0 fully saturated rings. The fourth-order valence-electron chi connectivity index (χ4n) is 3.67. The maximum atomic E-state index is 5.25. The molecule has 1 aromatic carbocycles. The van der Waals surface area contributed by atoms with Crippen molar-refractivity contribution in [1.29, 1.82) is 0 Å². The summed E-state index contributed by atoms with van der Waals surface area (Å²) in [6, 6.07) is 8.81. The molecule has 0 saturated heterocycles. The summed E-state index contributed by atoms with van der Waals surface area (Å²) in [6.07, 6.45) is 6.13. The molecule has 1 aromatic heterocycles. The van der Waals surface area contributed by atoms with E-state index in [1.165, 1.54) is 27.9 Å². The van der Waals surface area contributed by atoms with Crippen LogP contribution < -0.4 is 0 Å². The van der Waals surface area contributed by atoms with Gasteiger partial charge in [-0.15, -0.1) is 0 Å². The van der Waals surface area contributed by atoms with Gasteiger partial charge in [-0.3, -0.25) is 9.98 Å². The predicted molar refractivity (Wildman–Crippen MR) is 102 cm³/mol. The Kier molecular flexibility index (Phi) is 4.58. The third kappa shape index (κ3) is 3.02. The SMILES string of the molecule is CCc1cc(C)cc(CC)c1N=C1c2ncccc2CCC1(C)C. The summed E-state index contributed by atoms with van der Waals surface area (Å²) in [4.78, 5) is 9.94. The van der Waals surface area contributed by atoms with Crippen LogP contribution in [0, 0.1) is 12.3 Å². The lowest BCUT2D eigenvalue weighted by atomic mass is 9.74. The van der Waals surface area contributed by atoms with E-state index < -0.39 is 0 Å². The molecule has 1 heterocycles. The average Bonchev–Trinajstić information content (AvgIpc) is 2.57. The Morgan fingerprint density at radius 1 is 1.12 bits per heavy atom. The number of nitrogens with zero attached hydrogens (tertiary/aromatic N) is 2. The molecule has 0 radical (unpaired) electrons. The first-order chi connectivity index (χ1) is 11.5. The van der Waals surface area contributed by atoms with Gasteiger partial charge in [-0.2, -0.15) is 0 Å². The third-order valence-electron chi connectivity index (χ3n) is 5.17. The molecule has 0 N–H and O–H groups in total. The van der Waals surface area contributed by atoms with Crippen molar-refractivity contribution in [3.05, 3.63) is 58.4 Å². The molecule has 0 unspecified atom stereocenters. The Morgan fingerprint density at radius 3 is 2.42 bits per heavy atom. The van der Waals surface area contributed by atoms with E-state index in [1.54, 1.807) is 0 Å². The van der Waals surface area contributed by atoms with E-state index in [9.17, 15) is 0 Å². The Morgan fingerprint density at radius 2 is 1.79 bits per heavy atom. The smallest absolute Gasteiger partial charge is 0.0882 e. The normalized spacial score (nSPS) is 17.8.